The number of carbonyl (C=O) groups excluding carboxylic acids is 1. The Morgan fingerprint density at radius 3 is 2.65 bits per heavy atom. The molecule has 2 rings (SSSR count). The van der Waals surface area contributed by atoms with Crippen LogP contribution in [0, 0.1) is 13.8 Å². The Kier molecular flexibility index (Phi) is 6.59. The molecule has 1 N–H and O–H groups in total. The van der Waals surface area contributed by atoms with Crippen molar-refractivity contribution in [3.05, 3.63) is 45.4 Å². The Morgan fingerprint density at radius 1 is 1.22 bits per heavy atom. The summed E-state index contributed by atoms with van der Waals surface area (Å²) in [5.74, 6) is 0.784. The molecule has 1 aromatic carbocycles. The third kappa shape index (κ3) is 5.36. The van der Waals surface area contributed by atoms with Crippen LogP contribution in [0.1, 0.15) is 52.1 Å². The SMILES string of the molecule is CCCCCNC(=O)c1sc(COc2ccc(C)cc2)nc1C. The van der Waals surface area contributed by atoms with Crippen LogP contribution < -0.4 is 10.1 Å². The van der Waals surface area contributed by atoms with E-state index in [1.165, 1.54) is 16.9 Å². The van der Waals surface area contributed by atoms with E-state index in [9.17, 15) is 4.79 Å². The lowest BCUT2D eigenvalue weighted by Crippen LogP contribution is -2.24. The van der Waals surface area contributed by atoms with Crippen LogP contribution in [0.15, 0.2) is 24.3 Å². The maximum atomic E-state index is 12.2. The Hall–Kier alpha value is -1.88. The fourth-order valence-electron chi connectivity index (χ4n) is 2.16. The van der Waals surface area contributed by atoms with E-state index in [1.54, 1.807) is 0 Å². The molecular formula is C18H24N2O2S. The average Bonchev–Trinajstić information content (AvgIpc) is 2.92. The van der Waals surface area contributed by atoms with Gasteiger partial charge in [-0.2, -0.15) is 0 Å². The van der Waals surface area contributed by atoms with Crippen molar-refractivity contribution >= 4 is 17.2 Å². The zero-order valence-corrected chi connectivity index (χ0v) is 14.8. The summed E-state index contributed by atoms with van der Waals surface area (Å²) in [4.78, 5) is 17.3. The lowest BCUT2D eigenvalue weighted by atomic mass is 10.2. The number of hydrogen-bond donors (Lipinski definition) is 1. The number of benzene rings is 1. The molecule has 1 amide bonds. The Balaban J connectivity index is 1.89. The topological polar surface area (TPSA) is 51.2 Å². The van der Waals surface area contributed by atoms with Gasteiger partial charge in [-0.05, 0) is 32.4 Å². The third-order valence-corrected chi connectivity index (χ3v) is 4.63. The summed E-state index contributed by atoms with van der Waals surface area (Å²) in [6, 6.07) is 7.91. The highest BCUT2D eigenvalue weighted by molar-refractivity contribution is 7.13. The number of hydrogen-bond acceptors (Lipinski definition) is 4. The second-order valence-electron chi connectivity index (χ2n) is 5.59. The molecule has 4 nitrogen and oxygen atoms in total. The van der Waals surface area contributed by atoms with Crippen LogP contribution in [0.3, 0.4) is 0 Å². The number of rotatable bonds is 8. The van der Waals surface area contributed by atoms with Gasteiger partial charge in [0, 0.05) is 6.54 Å². The van der Waals surface area contributed by atoms with Gasteiger partial charge in [-0.15, -0.1) is 11.3 Å². The van der Waals surface area contributed by atoms with E-state index in [4.69, 9.17) is 4.74 Å². The van der Waals surface area contributed by atoms with Crippen molar-refractivity contribution in [2.24, 2.45) is 0 Å². The first-order valence-corrected chi connectivity index (χ1v) is 8.85. The van der Waals surface area contributed by atoms with E-state index < -0.39 is 0 Å². The maximum Gasteiger partial charge on any atom is 0.263 e. The van der Waals surface area contributed by atoms with Crippen LogP contribution in [0.2, 0.25) is 0 Å². The standard InChI is InChI=1S/C18H24N2O2S/c1-4-5-6-11-19-18(21)17-14(3)20-16(23-17)12-22-15-9-7-13(2)8-10-15/h7-10H,4-6,11-12H2,1-3H3,(H,19,21). The van der Waals surface area contributed by atoms with E-state index in [2.05, 4.69) is 17.2 Å². The van der Waals surface area contributed by atoms with Gasteiger partial charge in [-0.1, -0.05) is 37.5 Å². The van der Waals surface area contributed by atoms with Gasteiger partial charge in [-0.3, -0.25) is 4.79 Å². The number of amides is 1. The number of ether oxygens (including phenoxy) is 1. The monoisotopic (exact) mass is 332 g/mol. The molecule has 2 aromatic rings. The quantitative estimate of drug-likeness (QED) is 0.735. The number of aromatic nitrogens is 1. The molecule has 0 bridgehead atoms. The fourth-order valence-corrected chi connectivity index (χ4v) is 3.06. The zero-order chi connectivity index (χ0) is 16.7. The largest absolute Gasteiger partial charge is 0.486 e. The molecule has 0 atom stereocenters. The van der Waals surface area contributed by atoms with Crippen molar-refractivity contribution in [2.45, 2.75) is 46.6 Å². The molecule has 0 aliphatic carbocycles. The average molecular weight is 332 g/mol. The number of carbonyl (C=O) groups is 1. The first-order valence-electron chi connectivity index (χ1n) is 8.04. The predicted octanol–water partition coefficient (Wildman–Crippen LogP) is 4.26. The minimum atomic E-state index is -0.0299. The first kappa shape index (κ1) is 17.5. The highest BCUT2D eigenvalue weighted by Crippen LogP contribution is 2.20. The van der Waals surface area contributed by atoms with E-state index in [0.717, 1.165) is 42.3 Å². The van der Waals surface area contributed by atoms with Gasteiger partial charge in [0.05, 0.1) is 5.69 Å². The van der Waals surface area contributed by atoms with Gasteiger partial charge in [0.2, 0.25) is 0 Å². The molecule has 5 heteroatoms. The first-order chi connectivity index (χ1) is 11.1. The highest BCUT2D eigenvalue weighted by Gasteiger charge is 2.15. The summed E-state index contributed by atoms with van der Waals surface area (Å²) < 4.78 is 5.72. The third-order valence-electron chi connectivity index (χ3n) is 3.50. The number of unbranched alkanes of at least 4 members (excludes halogenated alkanes) is 2. The molecule has 23 heavy (non-hydrogen) atoms. The van der Waals surface area contributed by atoms with Crippen molar-refractivity contribution in [1.82, 2.24) is 10.3 Å². The lowest BCUT2D eigenvalue weighted by molar-refractivity contribution is 0.0956. The summed E-state index contributed by atoms with van der Waals surface area (Å²) >= 11 is 1.41. The molecule has 0 saturated carbocycles. The van der Waals surface area contributed by atoms with Gasteiger partial charge in [0.1, 0.15) is 22.2 Å². The normalized spacial score (nSPS) is 10.6. The molecule has 1 aromatic heterocycles. The second-order valence-corrected chi connectivity index (χ2v) is 6.67. The van der Waals surface area contributed by atoms with Crippen molar-refractivity contribution in [1.29, 1.82) is 0 Å². The Labute approximate surface area is 141 Å². The molecule has 0 radical (unpaired) electrons. The number of nitrogens with one attached hydrogen (secondary N) is 1. The van der Waals surface area contributed by atoms with Gasteiger partial charge >= 0.3 is 0 Å². The van der Waals surface area contributed by atoms with Crippen LogP contribution in [-0.2, 0) is 6.61 Å². The minimum absolute atomic E-state index is 0.0299. The molecule has 0 saturated heterocycles. The van der Waals surface area contributed by atoms with Crippen LogP contribution in [-0.4, -0.2) is 17.4 Å². The van der Waals surface area contributed by atoms with Crippen molar-refractivity contribution in [2.75, 3.05) is 6.54 Å². The summed E-state index contributed by atoms with van der Waals surface area (Å²) in [5, 5.41) is 3.78. The summed E-state index contributed by atoms with van der Waals surface area (Å²) in [5.41, 5.74) is 1.97. The molecule has 0 spiro atoms. The van der Waals surface area contributed by atoms with Gasteiger partial charge < -0.3 is 10.1 Å². The lowest BCUT2D eigenvalue weighted by Gasteiger charge is -2.04. The van der Waals surface area contributed by atoms with E-state index >= 15 is 0 Å². The van der Waals surface area contributed by atoms with Crippen molar-refractivity contribution in [3.63, 3.8) is 0 Å². The predicted molar refractivity (Wildman–Crippen MR) is 94.2 cm³/mol. The molecule has 0 unspecified atom stereocenters. The number of thiazole rings is 1. The number of nitrogens with zero attached hydrogens (tertiary/aromatic N) is 1. The van der Waals surface area contributed by atoms with E-state index in [0.29, 0.717) is 11.5 Å². The zero-order valence-electron chi connectivity index (χ0n) is 14.0. The molecule has 0 fully saturated rings. The van der Waals surface area contributed by atoms with Crippen LogP contribution in [0.25, 0.3) is 0 Å². The minimum Gasteiger partial charge on any atom is -0.486 e. The van der Waals surface area contributed by atoms with Crippen LogP contribution >= 0.6 is 11.3 Å². The molecule has 0 aliphatic heterocycles. The molecular weight excluding hydrogens is 308 g/mol. The highest BCUT2D eigenvalue weighted by atomic mass is 32.1. The summed E-state index contributed by atoms with van der Waals surface area (Å²) in [6.07, 6.45) is 3.30. The van der Waals surface area contributed by atoms with Crippen molar-refractivity contribution in [3.8, 4) is 5.75 Å². The van der Waals surface area contributed by atoms with Gasteiger partial charge in [-0.25, -0.2) is 4.98 Å². The van der Waals surface area contributed by atoms with Gasteiger partial charge in [0.15, 0.2) is 0 Å². The molecule has 124 valence electrons. The van der Waals surface area contributed by atoms with E-state index in [1.807, 2.05) is 38.1 Å². The molecule has 0 aliphatic rings. The number of aryl methyl sites for hydroxylation is 2. The summed E-state index contributed by atoms with van der Waals surface area (Å²) in [7, 11) is 0. The van der Waals surface area contributed by atoms with Gasteiger partial charge in [0.25, 0.3) is 5.91 Å². The van der Waals surface area contributed by atoms with Crippen LogP contribution in [0.5, 0.6) is 5.75 Å². The van der Waals surface area contributed by atoms with Crippen molar-refractivity contribution < 1.29 is 9.53 Å². The van der Waals surface area contributed by atoms with E-state index in [-0.39, 0.29) is 5.91 Å². The Bertz CT molecular complexity index is 635. The Morgan fingerprint density at radius 2 is 1.96 bits per heavy atom. The smallest absolute Gasteiger partial charge is 0.263 e. The fraction of sp³-hybridized carbons (Fsp3) is 0.444. The maximum absolute atomic E-state index is 12.2. The summed E-state index contributed by atoms with van der Waals surface area (Å²) in [6.45, 7) is 7.17. The van der Waals surface area contributed by atoms with Crippen LogP contribution in [0.4, 0.5) is 0 Å². The second kappa shape index (κ2) is 8.67. The molecule has 1 heterocycles.